The molecule has 0 bridgehead atoms. The van der Waals surface area contributed by atoms with E-state index >= 15 is 0 Å². The van der Waals surface area contributed by atoms with E-state index in [2.05, 4.69) is 17.2 Å². The first-order valence-corrected chi connectivity index (χ1v) is 6.75. The molecule has 1 saturated heterocycles. The fourth-order valence-corrected chi connectivity index (χ4v) is 1.24. The number of rotatable bonds is 5. The summed E-state index contributed by atoms with van der Waals surface area (Å²) in [5.41, 5.74) is 2.78. The Morgan fingerprint density at radius 3 is 2.00 bits per heavy atom. The Kier molecular flexibility index (Phi) is 23.2. The van der Waals surface area contributed by atoms with Crippen LogP contribution in [0, 0.1) is 0 Å². The highest BCUT2D eigenvalue weighted by Gasteiger charge is 1.95. The van der Waals surface area contributed by atoms with E-state index in [0.29, 0.717) is 0 Å². The van der Waals surface area contributed by atoms with E-state index in [4.69, 9.17) is 4.74 Å². The summed E-state index contributed by atoms with van der Waals surface area (Å²) in [5.74, 6) is 0. The third kappa shape index (κ3) is 19.5. The van der Waals surface area contributed by atoms with E-state index in [0.717, 1.165) is 19.8 Å². The standard InChI is InChI=1S/C6H15NO.C5H10O.C2H6/c1-3-4-5-6-7-8-2;1-2-4-6-5-3-1;1-2/h7H,3-6H2,1-2H3;1-5H2;1-2H3. The Hall–Kier alpha value is -0.120. The van der Waals surface area contributed by atoms with Crippen LogP contribution in [0.1, 0.15) is 59.3 Å². The van der Waals surface area contributed by atoms with Gasteiger partial charge in [0.2, 0.25) is 0 Å². The highest BCUT2D eigenvalue weighted by molar-refractivity contribution is 4.45. The largest absolute Gasteiger partial charge is 0.381 e. The quantitative estimate of drug-likeness (QED) is 0.582. The van der Waals surface area contributed by atoms with Gasteiger partial charge in [0.1, 0.15) is 0 Å². The molecular formula is C13H31NO2. The summed E-state index contributed by atoms with van der Waals surface area (Å²) >= 11 is 0. The number of unbranched alkanes of at least 4 members (excludes halogenated alkanes) is 2. The molecule has 0 spiro atoms. The molecule has 0 aromatic heterocycles. The Labute approximate surface area is 102 Å². The lowest BCUT2D eigenvalue weighted by atomic mass is 10.2. The van der Waals surface area contributed by atoms with Gasteiger partial charge in [-0.15, -0.1) is 0 Å². The van der Waals surface area contributed by atoms with E-state index in [-0.39, 0.29) is 0 Å². The van der Waals surface area contributed by atoms with E-state index in [1.54, 1.807) is 7.11 Å². The van der Waals surface area contributed by atoms with Gasteiger partial charge in [0.15, 0.2) is 0 Å². The number of hydrogen-bond acceptors (Lipinski definition) is 3. The molecule has 16 heavy (non-hydrogen) atoms. The zero-order valence-electron chi connectivity index (χ0n) is 11.7. The van der Waals surface area contributed by atoms with Crippen LogP contribution >= 0.6 is 0 Å². The molecular weight excluding hydrogens is 202 g/mol. The van der Waals surface area contributed by atoms with Crippen molar-refractivity contribution in [2.45, 2.75) is 59.3 Å². The maximum absolute atomic E-state index is 5.07. The lowest BCUT2D eigenvalue weighted by molar-refractivity contribution is 0.0906. The zero-order valence-corrected chi connectivity index (χ0v) is 11.7. The minimum Gasteiger partial charge on any atom is -0.381 e. The van der Waals surface area contributed by atoms with Gasteiger partial charge in [0.05, 0.1) is 7.11 Å². The molecule has 0 saturated carbocycles. The Morgan fingerprint density at radius 2 is 1.69 bits per heavy atom. The molecule has 0 aliphatic carbocycles. The maximum Gasteiger partial charge on any atom is 0.0572 e. The molecule has 3 heteroatoms. The molecule has 0 atom stereocenters. The van der Waals surface area contributed by atoms with Crippen molar-refractivity contribution in [3.8, 4) is 0 Å². The minimum atomic E-state index is 0.977. The van der Waals surface area contributed by atoms with Gasteiger partial charge < -0.3 is 9.57 Å². The molecule has 1 heterocycles. The van der Waals surface area contributed by atoms with Crippen molar-refractivity contribution >= 4 is 0 Å². The van der Waals surface area contributed by atoms with Crippen LogP contribution in [0.2, 0.25) is 0 Å². The summed E-state index contributed by atoms with van der Waals surface area (Å²) in [6.07, 6.45) is 7.70. The summed E-state index contributed by atoms with van der Waals surface area (Å²) in [7, 11) is 1.64. The van der Waals surface area contributed by atoms with Crippen molar-refractivity contribution in [2.75, 3.05) is 26.9 Å². The van der Waals surface area contributed by atoms with Crippen LogP contribution in [0.4, 0.5) is 0 Å². The molecule has 0 aromatic rings. The van der Waals surface area contributed by atoms with Crippen LogP contribution in [0.5, 0.6) is 0 Å². The molecule has 1 fully saturated rings. The highest BCUT2D eigenvalue weighted by atomic mass is 16.6. The van der Waals surface area contributed by atoms with Crippen molar-refractivity contribution in [3.05, 3.63) is 0 Å². The molecule has 1 aliphatic heterocycles. The molecule has 1 aliphatic rings. The average molecular weight is 233 g/mol. The van der Waals surface area contributed by atoms with Crippen molar-refractivity contribution in [1.29, 1.82) is 0 Å². The van der Waals surface area contributed by atoms with Gasteiger partial charge in [-0.1, -0.05) is 33.6 Å². The normalized spacial score (nSPS) is 14.2. The molecule has 1 N–H and O–H groups in total. The van der Waals surface area contributed by atoms with Crippen molar-refractivity contribution in [2.24, 2.45) is 0 Å². The van der Waals surface area contributed by atoms with Gasteiger partial charge in [0.25, 0.3) is 0 Å². The second kappa shape index (κ2) is 20.3. The lowest BCUT2D eigenvalue weighted by Gasteiger charge is -2.08. The number of hydroxylamine groups is 1. The molecule has 0 radical (unpaired) electrons. The van der Waals surface area contributed by atoms with Crippen LogP contribution in [-0.4, -0.2) is 26.9 Å². The molecule has 1 rings (SSSR count). The Morgan fingerprint density at radius 1 is 1.06 bits per heavy atom. The molecule has 0 amide bonds. The molecule has 0 aromatic carbocycles. The second-order valence-corrected chi connectivity index (χ2v) is 3.48. The maximum atomic E-state index is 5.07. The fourth-order valence-electron chi connectivity index (χ4n) is 1.24. The summed E-state index contributed by atoms with van der Waals surface area (Å²) in [6.45, 7) is 9.16. The first-order chi connectivity index (χ1) is 7.91. The lowest BCUT2D eigenvalue weighted by Crippen LogP contribution is -2.12. The topological polar surface area (TPSA) is 30.5 Å². The Balaban J connectivity index is 0. The molecule has 3 nitrogen and oxygen atoms in total. The third-order valence-electron chi connectivity index (χ3n) is 2.10. The zero-order chi connectivity index (χ0) is 12.5. The average Bonchev–Trinajstić information content (AvgIpc) is 2.40. The van der Waals surface area contributed by atoms with Gasteiger partial charge in [-0.3, -0.25) is 0 Å². The summed E-state index contributed by atoms with van der Waals surface area (Å²) in [6, 6.07) is 0. The second-order valence-electron chi connectivity index (χ2n) is 3.48. The van der Waals surface area contributed by atoms with Crippen molar-refractivity contribution in [1.82, 2.24) is 5.48 Å². The number of ether oxygens (including phenoxy) is 1. The number of nitrogens with one attached hydrogen (secondary N) is 1. The van der Waals surface area contributed by atoms with Crippen LogP contribution in [0.15, 0.2) is 0 Å². The van der Waals surface area contributed by atoms with Crippen LogP contribution < -0.4 is 5.48 Å². The summed E-state index contributed by atoms with van der Waals surface area (Å²) < 4.78 is 5.07. The first kappa shape index (κ1) is 18.3. The van der Waals surface area contributed by atoms with Crippen LogP contribution in [0.3, 0.4) is 0 Å². The predicted octanol–water partition coefficient (Wildman–Crippen LogP) is 3.54. The van der Waals surface area contributed by atoms with Gasteiger partial charge >= 0.3 is 0 Å². The highest BCUT2D eigenvalue weighted by Crippen LogP contribution is 2.02. The Bertz CT molecular complexity index is 78.4. The third-order valence-corrected chi connectivity index (χ3v) is 2.10. The van der Waals surface area contributed by atoms with E-state index in [1.165, 1.54) is 38.5 Å². The van der Waals surface area contributed by atoms with E-state index < -0.39 is 0 Å². The van der Waals surface area contributed by atoms with Crippen molar-refractivity contribution in [3.63, 3.8) is 0 Å². The first-order valence-electron chi connectivity index (χ1n) is 6.75. The SMILES string of the molecule is C1CCOCC1.CC.CCCCCNOC. The predicted molar refractivity (Wildman–Crippen MR) is 70.6 cm³/mol. The fraction of sp³-hybridized carbons (Fsp3) is 1.00. The monoisotopic (exact) mass is 233 g/mol. The van der Waals surface area contributed by atoms with Crippen LogP contribution in [-0.2, 0) is 9.57 Å². The smallest absolute Gasteiger partial charge is 0.0572 e. The van der Waals surface area contributed by atoms with Crippen LogP contribution in [0.25, 0.3) is 0 Å². The van der Waals surface area contributed by atoms with E-state index in [1.807, 2.05) is 13.8 Å². The molecule has 0 unspecified atom stereocenters. The minimum absolute atomic E-state index is 0.977. The van der Waals surface area contributed by atoms with Gasteiger partial charge in [-0.25, -0.2) is 5.48 Å². The van der Waals surface area contributed by atoms with Gasteiger partial charge in [0, 0.05) is 19.8 Å². The van der Waals surface area contributed by atoms with E-state index in [9.17, 15) is 0 Å². The number of hydrogen-bond donors (Lipinski definition) is 1. The van der Waals surface area contributed by atoms with Gasteiger partial charge in [-0.2, -0.15) is 0 Å². The van der Waals surface area contributed by atoms with Gasteiger partial charge in [-0.05, 0) is 25.7 Å². The summed E-state index contributed by atoms with van der Waals surface area (Å²) in [5, 5.41) is 0. The summed E-state index contributed by atoms with van der Waals surface area (Å²) in [4.78, 5) is 4.64. The van der Waals surface area contributed by atoms with Crippen molar-refractivity contribution < 1.29 is 9.57 Å². The molecule has 100 valence electrons.